The Hall–Kier alpha value is -2.76. The number of methoxy groups -OCH3 is 1. The van der Waals surface area contributed by atoms with Gasteiger partial charge in [-0.05, 0) is 42.8 Å². The molecule has 3 rings (SSSR count). The van der Waals surface area contributed by atoms with E-state index < -0.39 is 0 Å². The first kappa shape index (κ1) is 20.0. The van der Waals surface area contributed by atoms with E-state index in [0.717, 1.165) is 57.1 Å². The Morgan fingerprint density at radius 3 is 2.32 bits per heavy atom. The zero-order valence-electron chi connectivity index (χ0n) is 17.1. The standard InChI is InChI=1S/C22H30N4O2/c1-4-5-12-24(2)22(27)18-6-11-21(23-17-18)26-15-13-25(14-16-26)19-7-9-20(28-3)10-8-19/h6-11,17H,4-5,12-16H2,1-3H3. The van der Waals surface area contributed by atoms with Gasteiger partial charge in [0.15, 0.2) is 0 Å². The number of aromatic nitrogens is 1. The van der Waals surface area contributed by atoms with Crippen molar-refractivity contribution in [1.82, 2.24) is 9.88 Å². The molecule has 2 aromatic rings. The molecule has 0 spiro atoms. The third kappa shape index (κ3) is 4.74. The number of anilines is 2. The Morgan fingerprint density at radius 2 is 1.75 bits per heavy atom. The highest BCUT2D eigenvalue weighted by Crippen LogP contribution is 2.22. The summed E-state index contributed by atoms with van der Waals surface area (Å²) >= 11 is 0. The van der Waals surface area contributed by atoms with Crippen LogP contribution in [0.25, 0.3) is 0 Å². The van der Waals surface area contributed by atoms with Crippen LogP contribution in [0.2, 0.25) is 0 Å². The molecule has 1 aromatic heterocycles. The van der Waals surface area contributed by atoms with Gasteiger partial charge in [0, 0.05) is 51.7 Å². The van der Waals surface area contributed by atoms with E-state index in [1.54, 1.807) is 18.2 Å². The van der Waals surface area contributed by atoms with Crippen molar-refractivity contribution >= 4 is 17.4 Å². The summed E-state index contributed by atoms with van der Waals surface area (Å²) < 4.78 is 5.23. The van der Waals surface area contributed by atoms with Gasteiger partial charge in [-0.25, -0.2) is 4.98 Å². The number of hydrogen-bond donors (Lipinski definition) is 0. The lowest BCUT2D eigenvalue weighted by molar-refractivity contribution is 0.0793. The molecule has 0 radical (unpaired) electrons. The number of nitrogens with zero attached hydrogens (tertiary/aromatic N) is 4. The summed E-state index contributed by atoms with van der Waals surface area (Å²) in [6.07, 6.45) is 3.81. The second-order valence-electron chi connectivity index (χ2n) is 7.16. The van der Waals surface area contributed by atoms with Crippen LogP contribution in [-0.2, 0) is 0 Å². The normalized spacial score (nSPS) is 14.1. The van der Waals surface area contributed by atoms with Gasteiger partial charge in [-0.2, -0.15) is 0 Å². The fraction of sp³-hybridized carbons (Fsp3) is 0.455. The molecule has 0 aliphatic carbocycles. The molecule has 1 aromatic carbocycles. The van der Waals surface area contributed by atoms with E-state index >= 15 is 0 Å². The molecule has 0 atom stereocenters. The number of carbonyl (C=O) groups excluding carboxylic acids is 1. The Kier molecular flexibility index (Phi) is 6.74. The van der Waals surface area contributed by atoms with E-state index in [4.69, 9.17) is 4.74 Å². The summed E-state index contributed by atoms with van der Waals surface area (Å²) in [6, 6.07) is 12.0. The SMILES string of the molecule is CCCCN(C)C(=O)c1ccc(N2CCN(c3ccc(OC)cc3)CC2)nc1. The van der Waals surface area contributed by atoms with Crippen LogP contribution in [0.4, 0.5) is 11.5 Å². The molecule has 6 heteroatoms. The van der Waals surface area contributed by atoms with Crippen LogP contribution in [0.5, 0.6) is 5.75 Å². The summed E-state index contributed by atoms with van der Waals surface area (Å²) in [6.45, 7) is 6.60. The second kappa shape index (κ2) is 9.44. The minimum Gasteiger partial charge on any atom is -0.497 e. The number of carbonyl (C=O) groups is 1. The lowest BCUT2D eigenvalue weighted by Gasteiger charge is -2.36. The first-order valence-electron chi connectivity index (χ1n) is 9.98. The molecule has 0 saturated carbocycles. The quantitative estimate of drug-likeness (QED) is 0.735. The van der Waals surface area contributed by atoms with E-state index in [-0.39, 0.29) is 5.91 Å². The van der Waals surface area contributed by atoms with Gasteiger partial charge in [0.25, 0.3) is 5.91 Å². The topological polar surface area (TPSA) is 48.9 Å². The van der Waals surface area contributed by atoms with Gasteiger partial charge in [0.1, 0.15) is 11.6 Å². The van der Waals surface area contributed by atoms with Crippen LogP contribution in [0.1, 0.15) is 30.1 Å². The molecule has 0 unspecified atom stereocenters. The second-order valence-corrected chi connectivity index (χ2v) is 7.16. The van der Waals surface area contributed by atoms with Crippen LogP contribution in [-0.4, -0.2) is 62.7 Å². The van der Waals surface area contributed by atoms with Crippen molar-refractivity contribution in [1.29, 1.82) is 0 Å². The highest BCUT2D eigenvalue weighted by molar-refractivity contribution is 5.93. The number of hydrogen-bond acceptors (Lipinski definition) is 5. The number of pyridine rings is 1. The molecule has 1 amide bonds. The number of piperazine rings is 1. The summed E-state index contributed by atoms with van der Waals surface area (Å²) in [5.41, 5.74) is 1.86. The Morgan fingerprint density at radius 1 is 1.07 bits per heavy atom. The first-order chi connectivity index (χ1) is 13.6. The number of ether oxygens (including phenoxy) is 1. The van der Waals surface area contributed by atoms with E-state index in [1.165, 1.54) is 5.69 Å². The molecule has 28 heavy (non-hydrogen) atoms. The van der Waals surface area contributed by atoms with Crippen molar-refractivity contribution in [2.75, 3.05) is 56.7 Å². The van der Waals surface area contributed by atoms with Gasteiger partial charge in [0.05, 0.1) is 12.7 Å². The predicted octanol–water partition coefficient (Wildman–Crippen LogP) is 3.29. The molecule has 1 saturated heterocycles. The molecular formula is C22H30N4O2. The molecular weight excluding hydrogens is 352 g/mol. The average molecular weight is 383 g/mol. The highest BCUT2D eigenvalue weighted by Gasteiger charge is 2.19. The van der Waals surface area contributed by atoms with Gasteiger partial charge in [-0.1, -0.05) is 13.3 Å². The van der Waals surface area contributed by atoms with Crippen molar-refractivity contribution in [2.24, 2.45) is 0 Å². The zero-order chi connectivity index (χ0) is 19.9. The van der Waals surface area contributed by atoms with E-state index in [2.05, 4.69) is 33.8 Å². The van der Waals surface area contributed by atoms with Gasteiger partial charge < -0.3 is 19.4 Å². The predicted molar refractivity (Wildman–Crippen MR) is 114 cm³/mol. The number of unbranched alkanes of at least 4 members (excludes halogenated alkanes) is 1. The van der Waals surface area contributed by atoms with Crippen LogP contribution in [0.3, 0.4) is 0 Å². The lowest BCUT2D eigenvalue weighted by Crippen LogP contribution is -2.46. The van der Waals surface area contributed by atoms with Gasteiger partial charge in [0.2, 0.25) is 0 Å². The highest BCUT2D eigenvalue weighted by atomic mass is 16.5. The minimum absolute atomic E-state index is 0.0387. The Balaban J connectivity index is 1.56. The molecule has 1 aliphatic rings. The number of rotatable bonds is 7. The van der Waals surface area contributed by atoms with Gasteiger partial charge >= 0.3 is 0 Å². The summed E-state index contributed by atoms with van der Waals surface area (Å²) in [4.78, 5) is 23.4. The molecule has 6 nitrogen and oxygen atoms in total. The fourth-order valence-corrected chi connectivity index (χ4v) is 3.40. The van der Waals surface area contributed by atoms with Crippen molar-refractivity contribution < 1.29 is 9.53 Å². The van der Waals surface area contributed by atoms with Crippen molar-refractivity contribution in [3.63, 3.8) is 0 Å². The summed E-state index contributed by atoms with van der Waals surface area (Å²) in [7, 11) is 3.53. The fourth-order valence-electron chi connectivity index (χ4n) is 3.40. The van der Waals surface area contributed by atoms with Crippen molar-refractivity contribution in [2.45, 2.75) is 19.8 Å². The third-order valence-electron chi connectivity index (χ3n) is 5.23. The maximum Gasteiger partial charge on any atom is 0.255 e. The van der Waals surface area contributed by atoms with Crippen molar-refractivity contribution in [3.05, 3.63) is 48.2 Å². The average Bonchev–Trinajstić information content (AvgIpc) is 2.77. The maximum atomic E-state index is 12.4. The van der Waals surface area contributed by atoms with Gasteiger partial charge in [-0.3, -0.25) is 4.79 Å². The van der Waals surface area contributed by atoms with Crippen LogP contribution >= 0.6 is 0 Å². The molecule has 1 aliphatic heterocycles. The van der Waals surface area contributed by atoms with Crippen molar-refractivity contribution in [3.8, 4) is 5.75 Å². The number of benzene rings is 1. The van der Waals surface area contributed by atoms with Crippen LogP contribution in [0, 0.1) is 0 Å². The summed E-state index contributed by atoms with van der Waals surface area (Å²) in [5, 5.41) is 0. The minimum atomic E-state index is 0.0387. The number of amides is 1. The van der Waals surface area contributed by atoms with E-state index in [9.17, 15) is 4.79 Å². The van der Waals surface area contributed by atoms with E-state index in [1.807, 2.05) is 31.3 Å². The molecule has 2 heterocycles. The molecule has 0 N–H and O–H groups in total. The third-order valence-corrected chi connectivity index (χ3v) is 5.23. The van der Waals surface area contributed by atoms with Crippen LogP contribution < -0.4 is 14.5 Å². The summed E-state index contributed by atoms with van der Waals surface area (Å²) in [5.74, 6) is 1.85. The Labute approximate surface area is 167 Å². The molecule has 150 valence electrons. The largest absolute Gasteiger partial charge is 0.497 e. The Bertz CT molecular complexity index is 753. The smallest absolute Gasteiger partial charge is 0.255 e. The van der Waals surface area contributed by atoms with E-state index in [0.29, 0.717) is 5.56 Å². The zero-order valence-corrected chi connectivity index (χ0v) is 17.1. The molecule has 0 bridgehead atoms. The lowest BCUT2D eigenvalue weighted by atomic mass is 10.2. The molecule has 1 fully saturated rings. The monoisotopic (exact) mass is 382 g/mol. The van der Waals surface area contributed by atoms with Crippen LogP contribution in [0.15, 0.2) is 42.6 Å². The maximum absolute atomic E-state index is 12.4. The first-order valence-corrected chi connectivity index (χ1v) is 9.98. The van der Waals surface area contributed by atoms with Gasteiger partial charge in [-0.15, -0.1) is 0 Å².